The highest BCUT2D eigenvalue weighted by atomic mass is 16.5. The van der Waals surface area contributed by atoms with Gasteiger partial charge in [-0.2, -0.15) is 0 Å². The van der Waals surface area contributed by atoms with Gasteiger partial charge in [-0.1, -0.05) is 36.4 Å². The summed E-state index contributed by atoms with van der Waals surface area (Å²) >= 11 is 0. The Bertz CT molecular complexity index is 604. The van der Waals surface area contributed by atoms with Gasteiger partial charge in [0.1, 0.15) is 18.7 Å². The minimum Gasteiger partial charge on any atom is -0.445 e. The fourth-order valence-corrected chi connectivity index (χ4v) is 1.97. The van der Waals surface area contributed by atoms with Crippen LogP contribution >= 0.6 is 0 Å². The van der Waals surface area contributed by atoms with Crippen LogP contribution in [-0.4, -0.2) is 41.2 Å². The summed E-state index contributed by atoms with van der Waals surface area (Å²) in [5.41, 5.74) is 5.96. The van der Waals surface area contributed by atoms with Gasteiger partial charge in [0.2, 0.25) is 11.8 Å². The molecule has 0 unspecified atom stereocenters. The molecule has 0 spiro atoms. The van der Waals surface area contributed by atoms with E-state index in [1.807, 2.05) is 6.07 Å². The molecule has 0 aromatic heterocycles. The second-order valence-electron chi connectivity index (χ2n) is 5.41. The Morgan fingerprint density at radius 1 is 1.28 bits per heavy atom. The lowest BCUT2D eigenvalue weighted by Gasteiger charge is -2.23. The molecule has 1 aromatic carbocycles. The summed E-state index contributed by atoms with van der Waals surface area (Å²) in [6.07, 6.45) is -0.522. The maximum Gasteiger partial charge on any atom is 0.408 e. The highest BCUT2D eigenvalue weighted by molar-refractivity contribution is 5.91. The van der Waals surface area contributed by atoms with Crippen LogP contribution in [-0.2, 0) is 20.9 Å². The molecule has 25 heavy (non-hydrogen) atoms. The number of primary amides is 1. The van der Waals surface area contributed by atoms with Crippen molar-refractivity contribution in [2.45, 2.75) is 38.1 Å². The van der Waals surface area contributed by atoms with Crippen molar-refractivity contribution in [3.05, 3.63) is 48.6 Å². The number of alkyl carbamates (subject to hydrolysis) is 1. The highest BCUT2D eigenvalue weighted by Gasteiger charge is 2.29. The van der Waals surface area contributed by atoms with Gasteiger partial charge >= 0.3 is 6.09 Å². The van der Waals surface area contributed by atoms with Crippen molar-refractivity contribution in [1.82, 2.24) is 10.6 Å². The SMILES string of the molecule is C=CC[C@H](NC(=O)[C@@H](NC(=O)OCc1ccccc1)[C@@H](C)O)C(N)=O. The summed E-state index contributed by atoms with van der Waals surface area (Å²) in [7, 11) is 0. The molecule has 0 bridgehead atoms. The molecule has 5 N–H and O–H groups in total. The number of carbonyl (C=O) groups is 3. The Hall–Kier alpha value is -2.87. The van der Waals surface area contributed by atoms with Crippen molar-refractivity contribution in [2.24, 2.45) is 5.73 Å². The van der Waals surface area contributed by atoms with Crippen LogP contribution < -0.4 is 16.4 Å². The summed E-state index contributed by atoms with van der Waals surface area (Å²) in [4.78, 5) is 35.3. The Kier molecular flexibility index (Phi) is 8.14. The molecule has 0 fully saturated rings. The third kappa shape index (κ3) is 7.05. The molecular formula is C17H23N3O5. The molecule has 0 aliphatic heterocycles. The van der Waals surface area contributed by atoms with Crippen LogP contribution in [0.4, 0.5) is 4.79 Å². The lowest BCUT2D eigenvalue weighted by molar-refractivity contribution is -0.130. The molecule has 136 valence electrons. The number of benzene rings is 1. The molecule has 0 aliphatic rings. The maximum atomic E-state index is 12.2. The van der Waals surface area contributed by atoms with E-state index >= 15 is 0 Å². The Balaban J connectivity index is 2.62. The molecule has 0 radical (unpaired) electrons. The van der Waals surface area contributed by atoms with Crippen LogP contribution in [0, 0.1) is 0 Å². The van der Waals surface area contributed by atoms with E-state index in [-0.39, 0.29) is 13.0 Å². The van der Waals surface area contributed by atoms with Crippen molar-refractivity contribution in [2.75, 3.05) is 0 Å². The fraction of sp³-hybridized carbons (Fsp3) is 0.353. The van der Waals surface area contributed by atoms with E-state index in [0.717, 1.165) is 5.56 Å². The van der Waals surface area contributed by atoms with E-state index in [1.54, 1.807) is 24.3 Å². The lowest BCUT2D eigenvalue weighted by atomic mass is 10.1. The smallest absolute Gasteiger partial charge is 0.408 e. The van der Waals surface area contributed by atoms with E-state index in [9.17, 15) is 19.5 Å². The van der Waals surface area contributed by atoms with Gasteiger partial charge in [-0.15, -0.1) is 6.58 Å². The third-order valence-corrected chi connectivity index (χ3v) is 3.31. The predicted octanol–water partition coefficient (Wildman–Crippen LogP) is 0.208. The first-order valence-corrected chi connectivity index (χ1v) is 7.71. The van der Waals surface area contributed by atoms with Crippen molar-refractivity contribution in [1.29, 1.82) is 0 Å². The zero-order valence-electron chi connectivity index (χ0n) is 14.0. The topological polar surface area (TPSA) is 131 Å². The van der Waals surface area contributed by atoms with Crippen LogP contribution in [0.5, 0.6) is 0 Å². The molecule has 0 aliphatic carbocycles. The number of carbonyl (C=O) groups excluding carboxylic acids is 3. The summed E-state index contributed by atoms with van der Waals surface area (Å²) in [6.45, 7) is 4.82. The van der Waals surface area contributed by atoms with E-state index in [4.69, 9.17) is 10.5 Å². The second kappa shape index (κ2) is 10.1. The minimum atomic E-state index is -1.30. The molecule has 0 heterocycles. The molecule has 3 atom stereocenters. The average molecular weight is 349 g/mol. The zero-order chi connectivity index (χ0) is 18.8. The lowest BCUT2D eigenvalue weighted by Crippen LogP contribution is -2.56. The van der Waals surface area contributed by atoms with Crippen molar-refractivity contribution in [3.8, 4) is 0 Å². The number of aliphatic hydroxyl groups excluding tert-OH is 1. The number of amides is 3. The number of aliphatic hydroxyl groups is 1. The van der Waals surface area contributed by atoms with Gasteiger partial charge in [-0.25, -0.2) is 4.79 Å². The van der Waals surface area contributed by atoms with Gasteiger partial charge < -0.3 is 26.2 Å². The number of ether oxygens (including phenoxy) is 1. The fourth-order valence-electron chi connectivity index (χ4n) is 1.97. The molecule has 0 saturated heterocycles. The first kappa shape index (κ1) is 20.2. The number of hydrogen-bond donors (Lipinski definition) is 4. The quantitative estimate of drug-likeness (QED) is 0.473. The van der Waals surface area contributed by atoms with E-state index in [0.29, 0.717) is 0 Å². The Labute approximate surface area is 146 Å². The van der Waals surface area contributed by atoms with Crippen molar-refractivity contribution < 1.29 is 24.2 Å². The maximum absolute atomic E-state index is 12.2. The first-order valence-electron chi connectivity index (χ1n) is 7.71. The normalized spacial score (nSPS) is 13.8. The van der Waals surface area contributed by atoms with E-state index in [2.05, 4.69) is 17.2 Å². The van der Waals surface area contributed by atoms with Gasteiger partial charge in [-0.3, -0.25) is 9.59 Å². The summed E-state index contributed by atoms with van der Waals surface area (Å²) in [5.74, 6) is -1.50. The second-order valence-corrected chi connectivity index (χ2v) is 5.41. The number of hydrogen-bond acceptors (Lipinski definition) is 5. The van der Waals surface area contributed by atoms with Gasteiger partial charge in [0.25, 0.3) is 0 Å². The van der Waals surface area contributed by atoms with Crippen molar-refractivity contribution in [3.63, 3.8) is 0 Å². The summed E-state index contributed by atoms with van der Waals surface area (Å²) < 4.78 is 5.01. The number of nitrogens with one attached hydrogen (secondary N) is 2. The zero-order valence-corrected chi connectivity index (χ0v) is 14.0. The number of rotatable bonds is 9. The largest absolute Gasteiger partial charge is 0.445 e. The predicted molar refractivity (Wildman–Crippen MR) is 91.2 cm³/mol. The van der Waals surface area contributed by atoms with Crippen LogP contribution in [0.25, 0.3) is 0 Å². The average Bonchev–Trinajstić information content (AvgIpc) is 2.57. The first-order chi connectivity index (χ1) is 11.8. The molecule has 1 aromatic rings. The van der Waals surface area contributed by atoms with Gasteiger partial charge in [0.05, 0.1) is 6.10 Å². The van der Waals surface area contributed by atoms with E-state index < -0.39 is 36.1 Å². The van der Waals surface area contributed by atoms with E-state index in [1.165, 1.54) is 13.0 Å². The molecular weight excluding hydrogens is 326 g/mol. The molecule has 3 amide bonds. The standard InChI is InChI=1S/C17H23N3O5/c1-3-7-13(15(18)22)19-16(23)14(11(2)21)20-17(24)25-10-12-8-5-4-6-9-12/h3-6,8-9,11,13-14,21H,1,7,10H2,2H3,(H2,18,22)(H,19,23)(H,20,24)/t11-,13+,14+/m1/s1. The third-order valence-electron chi connectivity index (χ3n) is 3.31. The molecule has 8 nitrogen and oxygen atoms in total. The monoisotopic (exact) mass is 349 g/mol. The minimum absolute atomic E-state index is 0.0151. The van der Waals surface area contributed by atoms with Crippen LogP contribution in [0.1, 0.15) is 18.9 Å². The molecule has 8 heteroatoms. The van der Waals surface area contributed by atoms with Gasteiger partial charge in [-0.05, 0) is 18.9 Å². The van der Waals surface area contributed by atoms with Crippen molar-refractivity contribution >= 4 is 17.9 Å². The number of nitrogens with two attached hydrogens (primary N) is 1. The molecule has 0 saturated carbocycles. The van der Waals surface area contributed by atoms with Crippen LogP contribution in [0.15, 0.2) is 43.0 Å². The summed E-state index contributed by atoms with van der Waals surface area (Å²) in [6, 6.07) is 6.70. The summed E-state index contributed by atoms with van der Waals surface area (Å²) in [5, 5.41) is 14.4. The van der Waals surface area contributed by atoms with Gasteiger partial charge in [0.15, 0.2) is 0 Å². The van der Waals surface area contributed by atoms with Crippen LogP contribution in [0.3, 0.4) is 0 Å². The Morgan fingerprint density at radius 3 is 2.44 bits per heavy atom. The van der Waals surface area contributed by atoms with Crippen LogP contribution in [0.2, 0.25) is 0 Å². The van der Waals surface area contributed by atoms with Gasteiger partial charge in [0, 0.05) is 0 Å². The molecule has 1 rings (SSSR count). The Morgan fingerprint density at radius 2 is 1.92 bits per heavy atom. The highest BCUT2D eigenvalue weighted by Crippen LogP contribution is 2.02.